The fraction of sp³-hybridized carbons (Fsp3) is 0.375. The normalized spacial score (nSPS) is 14.7. The first-order valence-electron chi connectivity index (χ1n) is 10.9. The Hall–Kier alpha value is -2.84. The number of anilines is 1. The van der Waals surface area contributed by atoms with Crippen molar-refractivity contribution in [3.8, 4) is 0 Å². The molecule has 4 aromatic rings. The van der Waals surface area contributed by atoms with Gasteiger partial charge >= 0.3 is 5.63 Å². The van der Waals surface area contributed by atoms with Crippen molar-refractivity contribution in [1.82, 2.24) is 14.8 Å². The van der Waals surface area contributed by atoms with Crippen LogP contribution in [-0.2, 0) is 17.0 Å². The van der Waals surface area contributed by atoms with E-state index in [0.717, 1.165) is 52.5 Å². The van der Waals surface area contributed by atoms with Crippen LogP contribution >= 0.6 is 11.8 Å². The number of nitrogens with zero attached hydrogens (tertiary/aromatic N) is 4. The van der Waals surface area contributed by atoms with Crippen molar-refractivity contribution >= 4 is 39.5 Å². The van der Waals surface area contributed by atoms with Gasteiger partial charge in [-0.1, -0.05) is 55.9 Å². The Labute approximate surface area is 190 Å². The number of rotatable bonds is 6. The van der Waals surface area contributed by atoms with Gasteiger partial charge in [-0.3, -0.25) is 4.57 Å². The molecule has 7 nitrogen and oxygen atoms in total. The molecule has 32 heavy (non-hydrogen) atoms. The highest BCUT2D eigenvalue weighted by Gasteiger charge is 2.21. The largest absolute Gasteiger partial charge is 0.423 e. The molecule has 1 aliphatic rings. The molecule has 0 saturated carbocycles. The summed E-state index contributed by atoms with van der Waals surface area (Å²) >= 11 is 1.61. The lowest BCUT2D eigenvalue weighted by Crippen LogP contribution is -2.38. The van der Waals surface area contributed by atoms with Crippen LogP contribution in [0, 0.1) is 5.92 Å². The maximum absolute atomic E-state index is 12.2. The number of hydrogen-bond acceptors (Lipinski definition) is 7. The molecule has 0 atom stereocenters. The monoisotopic (exact) mass is 450 g/mol. The number of ether oxygens (including phenoxy) is 1. The first kappa shape index (κ1) is 21.0. The van der Waals surface area contributed by atoms with Gasteiger partial charge in [0.2, 0.25) is 5.95 Å². The molecule has 166 valence electrons. The van der Waals surface area contributed by atoms with Gasteiger partial charge in [0.05, 0.1) is 13.2 Å². The fourth-order valence-electron chi connectivity index (χ4n) is 4.19. The van der Waals surface area contributed by atoms with Crippen LogP contribution in [0.2, 0.25) is 0 Å². The topological polar surface area (TPSA) is 73.4 Å². The minimum Gasteiger partial charge on any atom is -0.423 e. The molecule has 3 heterocycles. The van der Waals surface area contributed by atoms with E-state index in [1.807, 2.05) is 24.3 Å². The number of aromatic nitrogens is 3. The zero-order chi connectivity index (χ0) is 22.1. The summed E-state index contributed by atoms with van der Waals surface area (Å²) in [7, 11) is 0. The molecule has 0 N–H and O–H groups in total. The predicted octanol–water partition coefficient (Wildman–Crippen LogP) is 4.32. The Morgan fingerprint density at radius 3 is 2.72 bits per heavy atom. The van der Waals surface area contributed by atoms with Gasteiger partial charge in [-0.15, -0.1) is 10.2 Å². The zero-order valence-corrected chi connectivity index (χ0v) is 19.1. The van der Waals surface area contributed by atoms with E-state index in [1.165, 1.54) is 0 Å². The molecule has 0 radical (unpaired) electrons. The Kier molecular flexibility index (Phi) is 5.89. The minimum absolute atomic E-state index is 0.332. The van der Waals surface area contributed by atoms with Crippen molar-refractivity contribution in [3.63, 3.8) is 0 Å². The van der Waals surface area contributed by atoms with Crippen LogP contribution in [0.3, 0.4) is 0 Å². The van der Waals surface area contributed by atoms with Crippen molar-refractivity contribution in [2.45, 2.75) is 31.3 Å². The Bertz CT molecular complexity index is 1310. The van der Waals surface area contributed by atoms with Gasteiger partial charge < -0.3 is 14.1 Å². The summed E-state index contributed by atoms with van der Waals surface area (Å²) in [6, 6.07) is 13.7. The molecule has 1 fully saturated rings. The van der Waals surface area contributed by atoms with Crippen molar-refractivity contribution in [2.24, 2.45) is 5.92 Å². The second-order valence-electron chi connectivity index (χ2n) is 8.43. The van der Waals surface area contributed by atoms with Crippen LogP contribution in [-0.4, -0.2) is 41.1 Å². The summed E-state index contributed by atoms with van der Waals surface area (Å²) in [6.45, 7) is 8.27. The van der Waals surface area contributed by atoms with E-state index in [2.05, 4.69) is 45.6 Å². The van der Waals surface area contributed by atoms with Gasteiger partial charge in [0, 0.05) is 36.8 Å². The molecule has 0 spiro atoms. The highest BCUT2D eigenvalue weighted by Crippen LogP contribution is 2.32. The van der Waals surface area contributed by atoms with E-state index in [-0.39, 0.29) is 5.63 Å². The van der Waals surface area contributed by atoms with Gasteiger partial charge in [0.25, 0.3) is 0 Å². The van der Waals surface area contributed by atoms with Crippen molar-refractivity contribution in [2.75, 3.05) is 31.2 Å². The number of morpholine rings is 1. The quantitative estimate of drug-likeness (QED) is 0.246. The van der Waals surface area contributed by atoms with Crippen LogP contribution in [0.4, 0.5) is 5.95 Å². The second-order valence-corrected chi connectivity index (χ2v) is 9.37. The lowest BCUT2D eigenvalue weighted by atomic mass is 10.0. The number of thioether (sulfide) groups is 1. The van der Waals surface area contributed by atoms with E-state index < -0.39 is 0 Å². The van der Waals surface area contributed by atoms with Crippen molar-refractivity contribution in [3.05, 3.63) is 58.4 Å². The summed E-state index contributed by atoms with van der Waals surface area (Å²) in [5, 5.41) is 13.1. The van der Waals surface area contributed by atoms with Gasteiger partial charge in [-0.05, 0) is 28.3 Å². The third-order valence-corrected chi connectivity index (χ3v) is 6.63. The Balaban J connectivity index is 1.51. The van der Waals surface area contributed by atoms with E-state index in [1.54, 1.807) is 17.8 Å². The second kappa shape index (κ2) is 8.96. The third-order valence-electron chi connectivity index (χ3n) is 5.61. The van der Waals surface area contributed by atoms with Crippen LogP contribution in [0.1, 0.15) is 19.4 Å². The van der Waals surface area contributed by atoms with Crippen LogP contribution in [0.15, 0.2) is 56.8 Å². The standard InChI is InChI=1S/C24H26N4O3S/c1-16(2)14-28-23(27-9-11-30-12-10-27)25-26-24(28)32-15-18-13-21(29)31-20-8-7-17-5-3-4-6-19(17)22(18)20/h3-8,13,16H,9-12,14-15H2,1-2H3. The Morgan fingerprint density at radius 1 is 1.09 bits per heavy atom. The van der Waals surface area contributed by atoms with E-state index >= 15 is 0 Å². The first-order valence-corrected chi connectivity index (χ1v) is 11.9. The number of fused-ring (bicyclic) bond motifs is 3. The number of benzene rings is 2. The molecule has 0 unspecified atom stereocenters. The molecule has 8 heteroatoms. The number of hydrogen-bond donors (Lipinski definition) is 0. The van der Waals surface area contributed by atoms with Crippen LogP contribution < -0.4 is 10.5 Å². The summed E-state index contributed by atoms with van der Waals surface area (Å²) < 4.78 is 13.2. The SMILES string of the molecule is CC(C)Cn1c(SCc2cc(=O)oc3ccc4ccccc4c23)nnc1N1CCOCC1. The highest BCUT2D eigenvalue weighted by atomic mass is 32.2. The fourth-order valence-corrected chi connectivity index (χ4v) is 5.11. The molecule has 0 amide bonds. The summed E-state index contributed by atoms with van der Waals surface area (Å²) in [5.41, 5.74) is 1.23. The molecular weight excluding hydrogens is 424 g/mol. The summed E-state index contributed by atoms with van der Waals surface area (Å²) in [6.07, 6.45) is 0. The highest BCUT2D eigenvalue weighted by molar-refractivity contribution is 7.98. The first-order chi connectivity index (χ1) is 15.6. The summed E-state index contributed by atoms with van der Waals surface area (Å²) in [4.78, 5) is 14.5. The van der Waals surface area contributed by atoms with Crippen molar-refractivity contribution in [1.29, 1.82) is 0 Å². The van der Waals surface area contributed by atoms with E-state index in [9.17, 15) is 4.79 Å². The molecule has 1 aliphatic heterocycles. The third kappa shape index (κ3) is 4.12. The maximum atomic E-state index is 12.2. The van der Waals surface area contributed by atoms with E-state index in [4.69, 9.17) is 9.15 Å². The van der Waals surface area contributed by atoms with Gasteiger partial charge in [0.15, 0.2) is 5.16 Å². The smallest absolute Gasteiger partial charge is 0.336 e. The molecule has 2 aromatic heterocycles. The predicted molar refractivity (Wildman–Crippen MR) is 127 cm³/mol. The molecule has 0 aliphatic carbocycles. The van der Waals surface area contributed by atoms with Crippen LogP contribution in [0.5, 0.6) is 0 Å². The molecule has 0 bridgehead atoms. The summed E-state index contributed by atoms with van der Waals surface area (Å²) in [5.74, 6) is 1.96. The van der Waals surface area contributed by atoms with Crippen LogP contribution in [0.25, 0.3) is 21.7 Å². The lowest BCUT2D eigenvalue weighted by Gasteiger charge is -2.28. The average molecular weight is 451 g/mol. The van der Waals surface area contributed by atoms with Crippen molar-refractivity contribution < 1.29 is 9.15 Å². The molecule has 2 aromatic carbocycles. The average Bonchev–Trinajstić information content (AvgIpc) is 3.19. The molecular formula is C24H26N4O3S. The zero-order valence-electron chi connectivity index (χ0n) is 18.3. The van der Waals surface area contributed by atoms with E-state index in [0.29, 0.717) is 30.5 Å². The lowest BCUT2D eigenvalue weighted by molar-refractivity contribution is 0.121. The Morgan fingerprint density at radius 2 is 1.91 bits per heavy atom. The molecule has 5 rings (SSSR count). The molecule has 1 saturated heterocycles. The van der Waals surface area contributed by atoms with Gasteiger partial charge in [-0.2, -0.15) is 0 Å². The van der Waals surface area contributed by atoms with Gasteiger partial charge in [-0.25, -0.2) is 4.79 Å². The minimum atomic E-state index is -0.332. The van der Waals surface area contributed by atoms with Gasteiger partial charge in [0.1, 0.15) is 5.58 Å². The maximum Gasteiger partial charge on any atom is 0.336 e.